The Morgan fingerprint density at radius 3 is 2.59 bits per heavy atom. The van der Waals surface area contributed by atoms with Crippen molar-refractivity contribution in [3.8, 4) is 0 Å². The first-order chi connectivity index (χ1) is 14.1. The first-order valence-corrected chi connectivity index (χ1v) is 10.1. The molecule has 5 nitrogen and oxygen atoms in total. The van der Waals surface area contributed by atoms with E-state index in [9.17, 15) is 4.79 Å². The van der Waals surface area contributed by atoms with Gasteiger partial charge in [0.2, 0.25) is 0 Å². The highest BCUT2D eigenvalue weighted by atomic mass is 16.5. The van der Waals surface area contributed by atoms with E-state index in [1.165, 1.54) is 0 Å². The summed E-state index contributed by atoms with van der Waals surface area (Å²) in [6.07, 6.45) is 2.15. The van der Waals surface area contributed by atoms with Crippen LogP contribution in [0.4, 0.5) is 5.69 Å². The van der Waals surface area contributed by atoms with Crippen molar-refractivity contribution in [3.05, 3.63) is 71.9 Å². The number of hydrogen-bond acceptors (Lipinski definition) is 4. The fourth-order valence-corrected chi connectivity index (χ4v) is 3.72. The minimum absolute atomic E-state index is 0.0528. The summed E-state index contributed by atoms with van der Waals surface area (Å²) >= 11 is 0. The van der Waals surface area contributed by atoms with Crippen molar-refractivity contribution in [1.29, 1.82) is 0 Å². The average molecular weight is 389 g/mol. The number of ether oxygens (including phenoxy) is 1. The first-order valence-electron chi connectivity index (χ1n) is 10.1. The molecule has 1 amide bonds. The van der Waals surface area contributed by atoms with Gasteiger partial charge >= 0.3 is 0 Å². The Kier molecular flexibility index (Phi) is 5.76. The molecule has 150 valence electrons. The minimum atomic E-state index is -0.0528. The van der Waals surface area contributed by atoms with Crippen LogP contribution in [0.5, 0.6) is 0 Å². The molecule has 1 aliphatic rings. The standard InChI is InChI=1S/C24H27N3O2/c1-26(2)20-12-9-18(10-13-20)16-27(17-21-7-5-15-29-21)24(28)23-14-11-19-6-3-4-8-22(19)25-23/h3-4,6,8-14,21H,5,7,15-17H2,1-2H3. The van der Waals surface area contributed by atoms with E-state index < -0.39 is 0 Å². The maximum absolute atomic E-state index is 13.4. The number of para-hydroxylation sites is 1. The van der Waals surface area contributed by atoms with Crippen LogP contribution in [-0.2, 0) is 11.3 Å². The molecule has 0 N–H and O–H groups in total. The second-order valence-corrected chi connectivity index (χ2v) is 7.77. The molecule has 5 heteroatoms. The van der Waals surface area contributed by atoms with Crippen LogP contribution in [0.25, 0.3) is 10.9 Å². The third-order valence-electron chi connectivity index (χ3n) is 5.38. The van der Waals surface area contributed by atoms with Crippen LogP contribution < -0.4 is 4.90 Å². The third kappa shape index (κ3) is 4.57. The number of rotatable bonds is 6. The van der Waals surface area contributed by atoms with Gasteiger partial charge in [-0.15, -0.1) is 0 Å². The summed E-state index contributed by atoms with van der Waals surface area (Å²) in [6.45, 7) is 1.90. The maximum atomic E-state index is 13.4. The Bertz CT molecular complexity index is 979. The number of nitrogens with zero attached hydrogens (tertiary/aromatic N) is 3. The number of amides is 1. The van der Waals surface area contributed by atoms with Crippen molar-refractivity contribution in [2.24, 2.45) is 0 Å². The van der Waals surface area contributed by atoms with E-state index in [0.29, 0.717) is 18.8 Å². The normalized spacial score (nSPS) is 16.1. The summed E-state index contributed by atoms with van der Waals surface area (Å²) in [5.74, 6) is -0.0528. The molecular formula is C24H27N3O2. The van der Waals surface area contributed by atoms with Gasteiger partial charge in [-0.1, -0.05) is 36.4 Å². The number of carbonyl (C=O) groups is 1. The van der Waals surface area contributed by atoms with Crippen molar-refractivity contribution in [2.75, 3.05) is 32.1 Å². The lowest BCUT2D eigenvalue weighted by molar-refractivity contribution is 0.0503. The molecule has 1 unspecified atom stereocenters. The van der Waals surface area contributed by atoms with Crippen LogP contribution in [0.2, 0.25) is 0 Å². The second-order valence-electron chi connectivity index (χ2n) is 7.77. The van der Waals surface area contributed by atoms with Gasteiger partial charge in [-0.2, -0.15) is 0 Å². The number of pyridine rings is 1. The van der Waals surface area contributed by atoms with Gasteiger partial charge < -0.3 is 14.5 Å². The fraction of sp³-hybridized carbons (Fsp3) is 0.333. The largest absolute Gasteiger partial charge is 0.378 e. The van der Waals surface area contributed by atoms with Crippen molar-refractivity contribution < 1.29 is 9.53 Å². The van der Waals surface area contributed by atoms with Gasteiger partial charge in [-0.3, -0.25) is 4.79 Å². The van der Waals surface area contributed by atoms with Gasteiger partial charge in [0.15, 0.2) is 0 Å². The molecule has 1 atom stereocenters. The molecule has 2 aromatic carbocycles. The zero-order valence-electron chi connectivity index (χ0n) is 17.0. The van der Waals surface area contributed by atoms with Crippen LogP contribution in [0.15, 0.2) is 60.7 Å². The molecule has 0 radical (unpaired) electrons. The monoisotopic (exact) mass is 389 g/mol. The van der Waals surface area contributed by atoms with Crippen LogP contribution in [0.1, 0.15) is 28.9 Å². The zero-order valence-corrected chi connectivity index (χ0v) is 17.0. The highest BCUT2D eigenvalue weighted by Crippen LogP contribution is 2.20. The Morgan fingerprint density at radius 1 is 1.07 bits per heavy atom. The quantitative estimate of drug-likeness (QED) is 0.636. The van der Waals surface area contributed by atoms with Gasteiger partial charge in [-0.05, 0) is 42.7 Å². The summed E-state index contributed by atoms with van der Waals surface area (Å²) in [6, 6.07) is 20.0. The van der Waals surface area contributed by atoms with Crippen molar-refractivity contribution >= 4 is 22.5 Å². The predicted molar refractivity (Wildman–Crippen MR) is 116 cm³/mol. The zero-order chi connectivity index (χ0) is 20.2. The van der Waals surface area contributed by atoms with Crippen LogP contribution >= 0.6 is 0 Å². The van der Waals surface area contributed by atoms with E-state index in [1.54, 1.807) is 0 Å². The highest BCUT2D eigenvalue weighted by molar-refractivity contribution is 5.95. The van der Waals surface area contributed by atoms with Gasteiger partial charge in [-0.25, -0.2) is 4.98 Å². The maximum Gasteiger partial charge on any atom is 0.272 e. The van der Waals surface area contributed by atoms with Gasteiger partial charge in [0, 0.05) is 44.9 Å². The second kappa shape index (κ2) is 8.62. The van der Waals surface area contributed by atoms with Gasteiger partial charge in [0.25, 0.3) is 5.91 Å². The third-order valence-corrected chi connectivity index (χ3v) is 5.38. The summed E-state index contributed by atoms with van der Waals surface area (Å²) in [5.41, 5.74) is 3.56. The molecule has 0 spiro atoms. The smallest absolute Gasteiger partial charge is 0.272 e. The molecule has 3 aromatic rings. The molecule has 0 bridgehead atoms. The lowest BCUT2D eigenvalue weighted by Gasteiger charge is -2.26. The number of anilines is 1. The van der Waals surface area contributed by atoms with Gasteiger partial charge in [0.1, 0.15) is 5.69 Å². The lowest BCUT2D eigenvalue weighted by atomic mass is 10.1. The molecule has 0 aliphatic carbocycles. The Labute approximate surface area is 171 Å². The predicted octanol–water partition coefficient (Wildman–Crippen LogP) is 4.12. The number of carbonyl (C=O) groups excluding carboxylic acids is 1. The van der Waals surface area contributed by atoms with Crippen LogP contribution in [-0.4, -0.2) is 49.1 Å². The van der Waals surface area contributed by atoms with E-state index in [0.717, 1.165) is 41.6 Å². The van der Waals surface area contributed by atoms with E-state index in [-0.39, 0.29) is 12.0 Å². The number of benzene rings is 2. The molecule has 29 heavy (non-hydrogen) atoms. The van der Waals surface area contributed by atoms with E-state index in [1.807, 2.05) is 55.4 Å². The number of aromatic nitrogens is 1. The van der Waals surface area contributed by atoms with Crippen molar-refractivity contribution in [2.45, 2.75) is 25.5 Å². The fourth-order valence-electron chi connectivity index (χ4n) is 3.72. The molecule has 1 fully saturated rings. The van der Waals surface area contributed by atoms with Crippen molar-refractivity contribution in [1.82, 2.24) is 9.88 Å². The summed E-state index contributed by atoms with van der Waals surface area (Å²) in [4.78, 5) is 21.9. The van der Waals surface area contributed by atoms with E-state index in [2.05, 4.69) is 34.1 Å². The summed E-state index contributed by atoms with van der Waals surface area (Å²) < 4.78 is 5.81. The van der Waals surface area contributed by atoms with Crippen LogP contribution in [0.3, 0.4) is 0 Å². The first kappa shape index (κ1) is 19.4. The minimum Gasteiger partial charge on any atom is -0.378 e. The topological polar surface area (TPSA) is 45.7 Å². The SMILES string of the molecule is CN(C)c1ccc(CN(CC2CCCO2)C(=O)c2ccc3ccccc3n2)cc1. The highest BCUT2D eigenvalue weighted by Gasteiger charge is 2.24. The Hall–Kier alpha value is -2.92. The molecule has 1 aliphatic heterocycles. The molecule has 0 saturated carbocycles. The number of fused-ring (bicyclic) bond motifs is 1. The van der Waals surface area contributed by atoms with E-state index >= 15 is 0 Å². The molecule has 2 heterocycles. The van der Waals surface area contributed by atoms with Gasteiger partial charge in [0.05, 0.1) is 11.6 Å². The summed E-state index contributed by atoms with van der Waals surface area (Å²) in [5, 5.41) is 1.04. The Balaban J connectivity index is 1.58. The Morgan fingerprint density at radius 2 is 1.86 bits per heavy atom. The molecule has 1 aromatic heterocycles. The van der Waals surface area contributed by atoms with Crippen molar-refractivity contribution in [3.63, 3.8) is 0 Å². The molecular weight excluding hydrogens is 362 g/mol. The lowest BCUT2D eigenvalue weighted by Crippen LogP contribution is -2.37. The summed E-state index contributed by atoms with van der Waals surface area (Å²) in [7, 11) is 4.04. The molecule has 4 rings (SSSR count). The average Bonchev–Trinajstić information content (AvgIpc) is 3.26. The van der Waals surface area contributed by atoms with Crippen LogP contribution in [0, 0.1) is 0 Å². The molecule has 1 saturated heterocycles. The number of hydrogen-bond donors (Lipinski definition) is 0. The van der Waals surface area contributed by atoms with E-state index in [4.69, 9.17) is 4.74 Å².